The smallest absolute Gasteiger partial charge is 0.251 e. The molecule has 0 radical (unpaired) electrons. The molecule has 0 aromatic heterocycles. The van der Waals surface area contributed by atoms with Gasteiger partial charge in [0.2, 0.25) is 5.91 Å². The predicted octanol–water partition coefficient (Wildman–Crippen LogP) is 3.91. The van der Waals surface area contributed by atoms with Crippen molar-refractivity contribution in [3.05, 3.63) is 51.5 Å². The lowest BCUT2D eigenvalue weighted by molar-refractivity contribution is -0.114. The van der Waals surface area contributed by atoms with Crippen LogP contribution in [0.15, 0.2) is 40.9 Å². The summed E-state index contributed by atoms with van der Waals surface area (Å²) < 4.78 is 6.29. The highest BCUT2D eigenvalue weighted by Gasteiger charge is 2.12. The van der Waals surface area contributed by atoms with Gasteiger partial charge in [-0.05, 0) is 59.3 Å². The predicted molar refractivity (Wildman–Crippen MR) is 107 cm³/mol. The van der Waals surface area contributed by atoms with Crippen LogP contribution in [-0.2, 0) is 4.79 Å². The quantitative estimate of drug-likeness (QED) is 0.610. The summed E-state index contributed by atoms with van der Waals surface area (Å²) in [6, 6.07) is 10.1. The van der Waals surface area contributed by atoms with Gasteiger partial charge >= 0.3 is 0 Å². The average molecular weight is 441 g/mol. The fraction of sp³-hybridized carbons (Fsp3) is 0.222. The number of carbonyl (C=O) groups is 2. The van der Waals surface area contributed by atoms with E-state index in [0.29, 0.717) is 38.8 Å². The van der Waals surface area contributed by atoms with Crippen LogP contribution in [-0.4, -0.2) is 32.0 Å². The maximum absolute atomic E-state index is 12.2. The fourth-order valence-corrected chi connectivity index (χ4v) is 3.14. The molecule has 0 aliphatic carbocycles. The van der Waals surface area contributed by atoms with E-state index in [1.54, 1.807) is 43.4 Å². The zero-order valence-electron chi connectivity index (χ0n) is 14.4. The van der Waals surface area contributed by atoms with E-state index in [1.165, 1.54) is 0 Å². The van der Waals surface area contributed by atoms with Gasteiger partial charge in [0.25, 0.3) is 5.91 Å². The Balaban J connectivity index is 2.00. The number of hydrogen-bond acceptors (Lipinski definition) is 4. The highest BCUT2D eigenvalue weighted by Crippen LogP contribution is 2.36. The molecule has 0 unspecified atom stereocenters. The van der Waals surface area contributed by atoms with Crippen LogP contribution in [0.25, 0.3) is 0 Å². The summed E-state index contributed by atoms with van der Waals surface area (Å²) in [4.78, 5) is 23.7. The molecule has 0 bridgehead atoms. The Hall–Kier alpha value is -2.25. The van der Waals surface area contributed by atoms with Gasteiger partial charge in [0, 0.05) is 23.3 Å². The Morgan fingerprint density at radius 2 is 1.88 bits per heavy atom. The van der Waals surface area contributed by atoms with E-state index in [9.17, 15) is 9.59 Å². The van der Waals surface area contributed by atoms with E-state index in [-0.39, 0.29) is 18.4 Å². The summed E-state index contributed by atoms with van der Waals surface area (Å²) in [5.41, 5.74) is 1.74. The largest absolute Gasteiger partial charge is 0.491 e. The summed E-state index contributed by atoms with van der Waals surface area (Å²) >= 11 is 9.46. The molecule has 2 rings (SSSR count). The van der Waals surface area contributed by atoms with Crippen LogP contribution < -0.4 is 20.7 Å². The molecule has 0 fully saturated rings. The lowest BCUT2D eigenvalue weighted by Gasteiger charge is -2.14. The van der Waals surface area contributed by atoms with Crippen molar-refractivity contribution >= 4 is 50.7 Å². The molecule has 0 saturated carbocycles. The highest BCUT2D eigenvalue weighted by molar-refractivity contribution is 9.10. The first-order valence-corrected chi connectivity index (χ1v) is 9.09. The molecule has 8 heteroatoms. The highest BCUT2D eigenvalue weighted by atomic mass is 79.9. The first-order chi connectivity index (χ1) is 12.4. The molecule has 6 nitrogen and oxygen atoms in total. The van der Waals surface area contributed by atoms with Crippen molar-refractivity contribution < 1.29 is 14.3 Å². The van der Waals surface area contributed by atoms with Crippen molar-refractivity contribution in [2.75, 3.05) is 30.8 Å². The van der Waals surface area contributed by atoms with E-state index in [4.69, 9.17) is 16.3 Å². The molecular formula is C18H19BrClN3O3. The minimum Gasteiger partial charge on any atom is -0.491 e. The normalized spacial score (nSPS) is 10.2. The Kier molecular flexibility index (Phi) is 7.29. The van der Waals surface area contributed by atoms with Gasteiger partial charge in [-0.2, -0.15) is 0 Å². The van der Waals surface area contributed by atoms with Crippen molar-refractivity contribution in [3.63, 3.8) is 0 Å². The number of halogens is 2. The van der Waals surface area contributed by atoms with E-state index >= 15 is 0 Å². The second-order valence-electron chi connectivity index (χ2n) is 5.26. The maximum Gasteiger partial charge on any atom is 0.251 e. The van der Waals surface area contributed by atoms with Gasteiger partial charge in [-0.25, -0.2) is 0 Å². The van der Waals surface area contributed by atoms with Gasteiger partial charge < -0.3 is 20.7 Å². The second-order valence-corrected chi connectivity index (χ2v) is 6.55. The van der Waals surface area contributed by atoms with E-state index in [1.807, 2.05) is 6.92 Å². The standard InChI is InChI=1S/C18H19BrClN3O3/c1-3-26-17-14(19)8-12(20)9-15(17)22-10-16(24)23-13-6-4-11(5-7-13)18(25)21-2/h4-9,22H,3,10H2,1-2H3,(H,21,25)(H,23,24). The van der Waals surface area contributed by atoms with Crippen molar-refractivity contribution in [3.8, 4) is 5.75 Å². The monoisotopic (exact) mass is 439 g/mol. The first kappa shape index (κ1) is 20.1. The molecule has 0 spiro atoms. The van der Waals surface area contributed by atoms with Crippen LogP contribution in [0.3, 0.4) is 0 Å². The summed E-state index contributed by atoms with van der Waals surface area (Å²) in [5, 5.41) is 8.84. The van der Waals surface area contributed by atoms with Crippen molar-refractivity contribution in [1.82, 2.24) is 5.32 Å². The Morgan fingerprint density at radius 3 is 2.50 bits per heavy atom. The summed E-state index contributed by atoms with van der Waals surface area (Å²) in [7, 11) is 1.56. The third kappa shape index (κ3) is 5.37. The lowest BCUT2D eigenvalue weighted by atomic mass is 10.2. The molecule has 0 aliphatic rings. The van der Waals surface area contributed by atoms with Crippen LogP contribution in [0.1, 0.15) is 17.3 Å². The van der Waals surface area contributed by atoms with E-state index < -0.39 is 0 Å². The van der Waals surface area contributed by atoms with Gasteiger partial charge in [-0.3, -0.25) is 9.59 Å². The molecule has 3 N–H and O–H groups in total. The number of benzene rings is 2. The Labute approximate surface area is 165 Å². The molecule has 2 aromatic carbocycles. The zero-order chi connectivity index (χ0) is 19.1. The molecule has 2 aromatic rings. The maximum atomic E-state index is 12.2. The van der Waals surface area contributed by atoms with Crippen LogP contribution in [0.4, 0.5) is 11.4 Å². The van der Waals surface area contributed by atoms with Gasteiger partial charge in [0.05, 0.1) is 23.3 Å². The van der Waals surface area contributed by atoms with Gasteiger partial charge in [-0.15, -0.1) is 0 Å². The number of carbonyl (C=O) groups excluding carboxylic acids is 2. The molecule has 138 valence electrons. The summed E-state index contributed by atoms with van der Waals surface area (Å²) in [5.74, 6) is 0.176. The molecule has 0 heterocycles. The zero-order valence-corrected chi connectivity index (χ0v) is 16.7. The third-order valence-corrected chi connectivity index (χ3v) is 4.20. The third-order valence-electron chi connectivity index (χ3n) is 3.39. The van der Waals surface area contributed by atoms with Crippen molar-refractivity contribution in [1.29, 1.82) is 0 Å². The first-order valence-electron chi connectivity index (χ1n) is 7.92. The topological polar surface area (TPSA) is 79.5 Å². The Morgan fingerprint density at radius 1 is 1.19 bits per heavy atom. The second kappa shape index (κ2) is 9.45. The van der Waals surface area contributed by atoms with Gasteiger partial charge in [0.1, 0.15) is 0 Å². The molecular weight excluding hydrogens is 422 g/mol. The molecule has 26 heavy (non-hydrogen) atoms. The van der Waals surface area contributed by atoms with E-state index in [2.05, 4.69) is 31.9 Å². The van der Waals surface area contributed by atoms with Crippen LogP contribution in [0.5, 0.6) is 5.75 Å². The number of hydrogen-bond donors (Lipinski definition) is 3. The minimum atomic E-state index is -0.240. The molecule has 2 amide bonds. The van der Waals surface area contributed by atoms with Crippen LogP contribution in [0, 0.1) is 0 Å². The lowest BCUT2D eigenvalue weighted by Crippen LogP contribution is -2.22. The number of amides is 2. The number of nitrogens with one attached hydrogen (secondary N) is 3. The SMILES string of the molecule is CCOc1c(Br)cc(Cl)cc1NCC(=O)Nc1ccc(C(=O)NC)cc1. The molecule has 0 atom stereocenters. The summed E-state index contributed by atoms with van der Waals surface area (Å²) in [6.07, 6.45) is 0. The van der Waals surface area contributed by atoms with Crippen molar-refractivity contribution in [2.24, 2.45) is 0 Å². The Bertz CT molecular complexity index is 797. The van der Waals surface area contributed by atoms with Gasteiger partial charge in [0.15, 0.2) is 5.75 Å². The van der Waals surface area contributed by atoms with Gasteiger partial charge in [-0.1, -0.05) is 11.6 Å². The summed E-state index contributed by atoms with van der Waals surface area (Å²) in [6.45, 7) is 2.39. The fourth-order valence-electron chi connectivity index (χ4n) is 2.21. The minimum absolute atomic E-state index is 0.0318. The van der Waals surface area contributed by atoms with Crippen LogP contribution >= 0.6 is 27.5 Å². The number of anilines is 2. The number of ether oxygens (including phenoxy) is 1. The van der Waals surface area contributed by atoms with Crippen LogP contribution in [0.2, 0.25) is 5.02 Å². The average Bonchev–Trinajstić information content (AvgIpc) is 2.62. The molecule has 0 aliphatic heterocycles. The van der Waals surface area contributed by atoms with E-state index in [0.717, 1.165) is 0 Å². The molecule has 0 saturated heterocycles. The number of rotatable bonds is 7. The van der Waals surface area contributed by atoms with Crippen molar-refractivity contribution in [2.45, 2.75) is 6.92 Å².